The van der Waals surface area contributed by atoms with Gasteiger partial charge in [0.05, 0.1) is 10.5 Å². The Morgan fingerprint density at radius 1 is 1.09 bits per heavy atom. The number of nitrogens with one attached hydrogen (secondary N) is 1. The van der Waals surface area contributed by atoms with Gasteiger partial charge >= 0.3 is 0 Å². The van der Waals surface area contributed by atoms with Crippen LogP contribution in [0.25, 0.3) is 28.2 Å². The second-order valence-corrected chi connectivity index (χ2v) is 9.43. The Morgan fingerprint density at radius 3 is 2.69 bits per heavy atom. The van der Waals surface area contributed by atoms with Crippen LogP contribution in [-0.2, 0) is 16.4 Å². The fourth-order valence-corrected chi connectivity index (χ4v) is 4.01. The van der Waals surface area contributed by atoms with Gasteiger partial charge in [0.2, 0.25) is 5.89 Å². The lowest BCUT2D eigenvalue weighted by Gasteiger charge is -2.06. The molecule has 0 aliphatic rings. The monoisotopic (exact) mass is 446 g/mol. The van der Waals surface area contributed by atoms with Gasteiger partial charge in [-0.25, -0.2) is 18.4 Å². The number of carbonyl (C=O) groups excluding carboxylic acids is 1. The summed E-state index contributed by atoms with van der Waals surface area (Å²) >= 11 is 0. The van der Waals surface area contributed by atoms with E-state index in [1.165, 1.54) is 12.1 Å². The minimum absolute atomic E-state index is 0.176. The second-order valence-electron chi connectivity index (χ2n) is 7.41. The van der Waals surface area contributed by atoms with E-state index < -0.39 is 9.84 Å². The summed E-state index contributed by atoms with van der Waals surface area (Å²) in [5.41, 5.74) is 3.99. The maximum atomic E-state index is 12.5. The highest BCUT2D eigenvalue weighted by molar-refractivity contribution is 7.90. The van der Waals surface area contributed by atoms with E-state index in [1.54, 1.807) is 41.2 Å². The van der Waals surface area contributed by atoms with Crippen LogP contribution < -0.4 is 5.32 Å². The van der Waals surface area contributed by atoms with Gasteiger partial charge in [0.15, 0.2) is 15.4 Å². The van der Waals surface area contributed by atoms with E-state index in [0.717, 1.165) is 23.0 Å². The quantitative estimate of drug-likeness (QED) is 0.443. The molecule has 0 spiro atoms. The Kier molecular flexibility index (Phi) is 4.75. The molecule has 0 atom stereocenters. The third-order valence-corrected chi connectivity index (χ3v) is 6.20. The third kappa shape index (κ3) is 3.85. The van der Waals surface area contributed by atoms with Crippen LogP contribution in [0.5, 0.6) is 0 Å². The van der Waals surface area contributed by atoms with Crippen molar-refractivity contribution in [2.24, 2.45) is 0 Å². The Balaban J connectivity index is 1.30. The number of carbonyl (C=O) groups is 1. The van der Waals surface area contributed by atoms with E-state index in [4.69, 9.17) is 4.42 Å². The predicted octanol–water partition coefficient (Wildman–Crippen LogP) is 3.48. The first-order valence-electron chi connectivity index (χ1n) is 9.78. The van der Waals surface area contributed by atoms with Crippen molar-refractivity contribution in [2.75, 3.05) is 6.26 Å². The second kappa shape index (κ2) is 7.61. The lowest BCUT2D eigenvalue weighted by molar-refractivity contribution is 0.0950. The van der Waals surface area contributed by atoms with Crippen LogP contribution in [0.15, 0.2) is 82.5 Å². The van der Waals surface area contributed by atoms with Gasteiger partial charge in [0.1, 0.15) is 11.2 Å². The van der Waals surface area contributed by atoms with Crippen molar-refractivity contribution in [3.63, 3.8) is 0 Å². The molecule has 5 aromatic rings. The van der Waals surface area contributed by atoms with E-state index in [1.807, 2.05) is 24.3 Å². The zero-order valence-corrected chi connectivity index (χ0v) is 17.8. The lowest BCUT2D eigenvalue weighted by Crippen LogP contribution is -2.23. The first kappa shape index (κ1) is 20.0. The molecule has 0 saturated carbocycles. The number of benzene rings is 2. The zero-order chi connectivity index (χ0) is 22.3. The molecule has 0 saturated heterocycles. The number of hydrogen-bond donors (Lipinski definition) is 1. The number of nitrogens with zero attached hydrogens (tertiary/aromatic N) is 3. The van der Waals surface area contributed by atoms with E-state index >= 15 is 0 Å². The van der Waals surface area contributed by atoms with Crippen LogP contribution >= 0.6 is 0 Å². The molecule has 1 N–H and O–H groups in total. The highest BCUT2D eigenvalue weighted by Crippen LogP contribution is 2.26. The topological polar surface area (TPSA) is 107 Å². The molecule has 0 bridgehead atoms. The fourth-order valence-electron chi connectivity index (χ4n) is 3.37. The SMILES string of the molecule is CS(=O)(=O)c1ccc2oc(-c3ccc(CNC(=O)c4ccc5nccn5c4)cc3)nc2c1. The molecule has 5 rings (SSSR count). The van der Waals surface area contributed by atoms with Crippen molar-refractivity contribution in [1.82, 2.24) is 19.7 Å². The number of aromatic nitrogens is 3. The number of oxazole rings is 1. The average Bonchev–Trinajstić information content (AvgIpc) is 3.43. The number of hydrogen-bond acceptors (Lipinski definition) is 6. The molecule has 9 heteroatoms. The van der Waals surface area contributed by atoms with Crippen LogP contribution in [0.1, 0.15) is 15.9 Å². The minimum Gasteiger partial charge on any atom is -0.436 e. The van der Waals surface area contributed by atoms with Crippen molar-refractivity contribution >= 4 is 32.5 Å². The molecule has 32 heavy (non-hydrogen) atoms. The molecule has 160 valence electrons. The van der Waals surface area contributed by atoms with Gasteiger partial charge < -0.3 is 14.1 Å². The van der Waals surface area contributed by atoms with Gasteiger partial charge in [-0.15, -0.1) is 0 Å². The van der Waals surface area contributed by atoms with Gasteiger partial charge in [0.25, 0.3) is 5.91 Å². The summed E-state index contributed by atoms with van der Waals surface area (Å²) in [6, 6.07) is 15.6. The first-order chi connectivity index (χ1) is 15.4. The van der Waals surface area contributed by atoms with Crippen LogP contribution in [0.2, 0.25) is 0 Å². The normalized spacial score (nSPS) is 11.8. The highest BCUT2D eigenvalue weighted by atomic mass is 32.2. The summed E-state index contributed by atoms with van der Waals surface area (Å²) in [6.45, 7) is 0.367. The van der Waals surface area contributed by atoms with Crippen LogP contribution in [0.4, 0.5) is 0 Å². The smallest absolute Gasteiger partial charge is 0.253 e. The van der Waals surface area contributed by atoms with E-state index in [-0.39, 0.29) is 10.8 Å². The third-order valence-electron chi connectivity index (χ3n) is 5.09. The van der Waals surface area contributed by atoms with Gasteiger partial charge in [-0.3, -0.25) is 4.79 Å². The molecule has 0 unspecified atom stereocenters. The van der Waals surface area contributed by atoms with Crippen molar-refractivity contribution < 1.29 is 17.6 Å². The molecule has 0 aliphatic heterocycles. The predicted molar refractivity (Wildman–Crippen MR) is 119 cm³/mol. The number of imidazole rings is 1. The van der Waals surface area contributed by atoms with Crippen molar-refractivity contribution in [2.45, 2.75) is 11.4 Å². The molecule has 0 aliphatic carbocycles. The Morgan fingerprint density at radius 2 is 1.91 bits per heavy atom. The highest BCUT2D eigenvalue weighted by Gasteiger charge is 2.13. The summed E-state index contributed by atoms with van der Waals surface area (Å²) in [6.07, 6.45) is 6.37. The minimum atomic E-state index is -3.32. The maximum Gasteiger partial charge on any atom is 0.253 e. The Labute approximate surface area is 183 Å². The number of pyridine rings is 1. The summed E-state index contributed by atoms with van der Waals surface area (Å²) in [7, 11) is -3.32. The molecule has 2 aromatic carbocycles. The van der Waals surface area contributed by atoms with E-state index in [0.29, 0.717) is 29.1 Å². The molecule has 3 heterocycles. The lowest BCUT2D eigenvalue weighted by atomic mass is 10.1. The Hall–Kier alpha value is -3.98. The van der Waals surface area contributed by atoms with Crippen LogP contribution in [0.3, 0.4) is 0 Å². The summed E-state index contributed by atoms with van der Waals surface area (Å²) in [5, 5.41) is 2.90. The largest absolute Gasteiger partial charge is 0.436 e. The average molecular weight is 446 g/mol. The molecule has 8 nitrogen and oxygen atoms in total. The summed E-state index contributed by atoms with van der Waals surface area (Å²) < 4.78 is 31.0. The first-order valence-corrected chi connectivity index (χ1v) is 11.7. The molecule has 0 fully saturated rings. The molecular weight excluding hydrogens is 428 g/mol. The van der Waals surface area contributed by atoms with Crippen molar-refractivity contribution in [3.8, 4) is 11.5 Å². The van der Waals surface area contributed by atoms with Crippen molar-refractivity contribution in [3.05, 3.63) is 84.3 Å². The van der Waals surface area contributed by atoms with Crippen LogP contribution in [-0.4, -0.2) is 34.9 Å². The van der Waals surface area contributed by atoms with Gasteiger partial charge in [0, 0.05) is 37.0 Å². The van der Waals surface area contributed by atoms with E-state index in [2.05, 4.69) is 15.3 Å². The van der Waals surface area contributed by atoms with Gasteiger partial charge in [-0.1, -0.05) is 12.1 Å². The standard InChI is InChI=1S/C23H18N4O4S/c1-32(29,30)18-7-8-20-19(12-18)26-23(31-20)16-4-2-15(3-5-16)13-25-22(28)17-6-9-21-24-10-11-27(21)14-17/h2-12,14H,13H2,1H3,(H,25,28). The number of sulfone groups is 1. The summed E-state index contributed by atoms with van der Waals surface area (Å²) in [4.78, 5) is 21.2. The number of amides is 1. The number of rotatable bonds is 5. The Bertz CT molecular complexity index is 1570. The summed E-state index contributed by atoms with van der Waals surface area (Å²) in [5.74, 6) is 0.222. The van der Waals surface area contributed by atoms with Crippen molar-refractivity contribution in [1.29, 1.82) is 0 Å². The maximum absolute atomic E-state index is 12.5. The fraction of sp³-hybridized carbons (Fsp3) is 0.0870. The van der Waals surface area contributed by atoms with Crippen LogP contribution in [0, 0.1) is 0 Å². The molecule has 0 radical (unpaired) electrons. The van der Waals surface area contributed by atoms with Gasteiger partial charge in [-0.05, 0) is 48.0 Å². The zero-order valence-electron chi connectivity index (χ0n) is 17.0. The molecule has 3 aromatic heterocycles. The molecule has 1 amide bonds. The van der Waals surface area contributed by atoms with E-state index in [9.17, 15) is 13.2 Å². The molecular formula is C23H18N4O4S. The number of fused-ring (bicyclic) bond motifs is 2. The van der Waals surface area contributed by atoms with Gasteiger partial charge in [-0.2, -0.15) is 0 Å².